The van der Waals surface area contributed by atoms with E-state index < -0.39 is 17.4 Å². The SMILES string of the molecule is CCCCCCc1ccc(O)c(F)c1F. The number of phenols is 1. The molecule has 0 aliphatic rings. The second-order valence-corrected chi connectivity index (χ2v) is 3.68. The van der Waals surface area contributed by atoms with Gasteiger partial charge < -0.3 is 5.11 Å². The van der Waals surface area contributed by atoms with Crippen LogP contribution in [0, 0.1) is 11.6 Å². The minimum Gasteiger partial charge on any atom is -0.505 e. The van der Waals surface area contributed by atoms with Crippen LogP contribution in [0.5, 0.6) is 5.75 Å². The van der Waals surface area contributed by atoms with Gasteiger partial charge in [-0.05, 0) is 24.5 Å². The van der Waals surface area contributed by atoms with Crippen LogP contribution in [-0.4, -0.2) is 5.11 Å². The quantitative estimate of drug-likeness (QED) is 0.739. The molecule has 3 heteroatoms. The number of unbranched alkanes of at least 4 members (excludes halogenated alkanes) is 3. The molecule has 1 N–H and O–H groups in total. The number of benzene rings is 1. The first-order chi connectivity index (χ1) is 7.16. The van der Waals surface area contributed by atoms with E-state index in [2.05, 4.69) is 6.92 Å². The molecular formula is C12H16F2O. The summed E-state index contributed by atoms with van der Waals surface area (Å²) in [6, 6.07) is 2.65. The third kappa shape index (κ3) is 3.18. The van der Waals surface area contributed by atoms with Crippen molar-refractivity contribution in [2.24, 2.45) is 0 Å². The topological polar surface area (TPSA) is 20.2 Å². The summed E-state index contributed by atoms with van der Waals surface area (Å²) in [4.78, 5) is 0. The molecule has 0 aliphatic carbocycles. The average molecular weight is 214 g/mol. The van der Waals surface area contributed by atoms with Crippen LogP contribution in [0.4, 0.5) is 8.78 Å². The summed E-state index contributed by atoms with van der Waals surface area (Å²) >= 11 is 0. The second-order valence-electron chi connectivity index (χ2n) is 3.68. The zero-order valence-electron chi connectivity index (χ0n) is 8.89. The van der Waals surface area contributed by atoms with E-state index in [1.807, 2.05) is 0 Å². The van der Waals surface area contributed by atoms with Gasteiger partial charge in [0, 0.05) is 0 Å². The molecule has 0 atom stereocenters. The van der Waals surface area contributed by atoms with E-state index in [1.165, 1.54) is 12.1 Å². The number of halogens is 2. The van der Waals surface area contributed by atoms with Gasteiger partial charge in [0.25, 0.3) is 0 Å². The van der Waals surface area contributed by atoms with E-state index in [-0.39, 0.29) is 0 Å². The van der Waals surface area contributed by atoms with Gasteiger partial charge in [-0.25, -0.2) is 4.39 Å². The monoisotopic (exact) mass is 214 g/mol. The van der Waals surface area contributed by atoms with E-state index in [9.17, 15) is 8.78 Å². The first-order valence-electron chi connectivity index (χ1n) is 5.32. The number of aryl methyl sites for hydroxylation is 1. The lowest BCUT2D eigenvalue weighted by Gasteiger charge is -2.04. The molecule has 0 heterocycles. The molecule has 1 aromatic carbocycles. The van der Waals surface area contributed by atoms with E-state index in [4.69, 9.17) is 5.11 Å². The molecular weight excluding hydrogens is 198 g/mol. The van der Waals surface area contributed by atoms with Gasteiger partial charge in [-0.15, -0.1) is 0 Å². The smallest absolute Gasteiger partial charge is 0.200 e. The Bertz CT molecular complexity index is 324. The Kier molecular flexibility index (Phi) is 4.53. The Morgan fingerprint density at radius 2 is 1.80 bits per heavy atom. The maximum Gasteiger partial charge on any atom is 0.200 e. The maximum absolute atomic E-state index is 13.2. The lowest BCUT2D eigenvalue weighted by molar-refractivity contribution is 0.403. The maximum atomic E-state index is 13.2. The lowest BCUT2D eigenvalue weighted by Crippen LogP contribution is -1.95. The first kappa shape index (κ1) is 12.0. The fourth-order valence-corrected chi connectivity index (χ4v) is 1.51. The zero-order valence-corrected chi connectivity index (χ0v) is 8.89. The van der Waals surface area contributed by atoms with Crippen LogP contribution in [0.2, 0.25) is 0 Å². The Labute approximate surface area is 88.7 Å². The molecule has 84 valence electrons. The van der Waals surface area contributed by atoms with Crippen molar-refractivity contribution in [1.29, 1.82) is 0 Å². The van der Waals surface area contributed by atoms with Crippen molar-refractivity contribution in [3.63, 3.8) is 0 Å². The molecule has 0 amide bonds. The lowest BCUT2D eigenvalue weighted by atomic mass is 10.1. The van der Waals surface area contributed by atoms with E-state index >= 15 is 0 Å². The van der Waals surface area contributed by atoms with Gasteiger partial charge in [0.1, 0.15) is 0 Å². The van der Waals surface area contributed by atoms with E-state index in [1.54, 1.807) is 0 Å². The Morgan fingerprint density at radius 3 is 2.47 bits per heavy atom. The standard InChI is InChI=1S/C12H16F2O/c1-2-3-4-5-6-9-7-8-10(15)12(14)11(9)13/h7-8,15H,2-6H2,1H3. The van der Waals surface area contributed by atoms with Crippen LogP contribution in [0.3, 0.4) is 0 Å². The number of hydrogen-bond donors (Lipinski definition) is 1. The average Bonchev–Trinajstić information content (AvgIpc) is 2.24. The highest BCUT2D eigenvalue weighted by Crippen LogP contribution is 2.22. The molecule has 0 saturated heterocycles. The molecule has 15 heavy (non-hydrogen) atoms. The second kappa shape index (κ2) is 5.69. The molecule has 0 bridgehead atoms. The normalized spacial score (nSPS) is 10.6. The van der Waals surface area contributed by atoms with E-state index in [0.717, 1.165) is 25.7 Å². The number of hydrogen-bond acceptors (Lipinski definition) is 1. The van der Waals surface area contributed by atoms with Crippen LogP contribution in [0.25, 0.3) is 0 Å². The van der Waals surface area contributed by atoms with Crippen molar-refractivity contribution < 1.29 is 13.9 Å². The Hall–Kier alpha value is -1.12. The van der Waals surface area contributed by atoms with Gasteiger partial charge in [0.2, 0.25) is 5.82 Å². The third-order valence-electron chi connectivity index (χ3n) is 2.44. The predicted octanol–water partition coefficient (Wildman–Crippen LogP) is 3.79. The van der Waals surface area contributed by atoms with Crippen LogP contribution in [0.1, 0.15) is 38.2 Å². The summed E-state index contributed by atoms with van der Waals surface area (Å²) in [5.74, 6) is -2.67. The molecule has 1 rings (SSSR count). The fourth-order valence-electron chi connectivity index (χ4n) is 1.51. The van der Waals surface area contributed by atoms with Crippen molar-refractivity contribution in [1.82, 2.24) is 0 Å². The Morgan fingerprint density at radius 1 is 1.07 bits per heavy atom. The summed E-state index contributed by atoms with van der Waals surface area (Å²) in [5, 5.41) is 8.92. The molecule has 0 aliphatic heterocycles. The molecule has 0 spiro atoms. The van der Waals surface area contributed by atoms with Crippen LogP contribution < -0.4 is 0 Å². The molecule has 0 unspecified atom stereocenters. The molecule has 1 aromatic rings. The predicted molar refractivity (Wildman–Crippen MR) is 55.9 cm³/mol. The molecule has 0 saturated carbocycles. The minimum atomic E-state index is -1.14. The molecule has 0 aromatic heterocycles. The van der Waals surface area contributed by atoms with Crippen LogP contribution in [-0.2, 0) is 6.42 Å². The van der Waals surface area contributed by atoms with Crippen LogP contribution >= 0.6 is 0 Å². The highest BCUT2D eigenvalue weighted by atomic mass is 19.2. The number of aromatic hydroxyl groups is 1. The molecule has 0 fully saturated rings. The number of rotatable bonds is 5. The van der Waals surface area contributed by atoms with Gasteiger partial charge in [0.05, 0.1) is 0 Å². The molecule has 0 radical (unpaired) electrons. The van der Waals surface area contributed by atoms with Crippen LogP contribution in [0.15, 0.2) is 12.1 Å². The first-order valence-corrected chi connectivity index (χ1v) is 5.32. The van der Waals surface area contributed by atoms with Crippen molar-refractivity contribution in [3.05, 3.63) is 29.3 Å². The van der Waals surface area contributed by atoms with Gasteiger partial charge >= 0.3 is 0 Å². The van der Waals surface area contributed by atoms with Gasteiger partial charge in [-0.3, -0.25) is 0 Å². The van der Waals surface area contributed by atoms with Crippen molar-refractivity contribution in [2.45, 2.75) is 39.0 Å². The zero-order chi connectivity index (χ0) is 11.3. The minimum absolute atomic E-state index is 0.349. The van der Waals surface area contributed by atoms with Crippen molar-refractivity contribution >= 4 is 0 Å². The summed E-state index contributed by atoms with van der Waals surface area (Å²) < 4.78 is 26.2. The highest BCUT2D eigenvalue weighted by molar-refractivity contribution is 5.29. The highest BCUT2D eigenvalue weighted by Gasteiger charge is 2.11. The van der Waals surface area contributed by atoms with Gasteiger partial charge in [-0.2, -0.15) is 4.39 Å². The third-order valence-corrected chi connectivity index (χ3v) is 2.44. The largest absolute Gasteiger partial charge is 0.505 e. The summed E-state index contributed by atoms with van der Waals surface area (Å²) in [6.07, 6.45) is 4.64. The van der Waals surface area contributed by atoms with Gasteiger partial charge in [-0.1, -0.05) is 32.3 Å². The van der Waals surface area contributed by atoms with Gasteiger partial charge in [0.15, 0.2) is 11.6 Å². The summed E-state index contributed by atoms with van der Waals surface area (Å²) in [7, 11) is 0. The van der Waals surface area contributed by atoms with Crippen molar-refractivity contribution in [3.8, 4) is 5.75 Å². The fraction of sp³-hybridized carbons (Fsp3) is 0.500. The summed E-state index contributed by atoms with van der Waals surface area (Å²) in [6.45, 7) is 2.10. The van der Waals surface area contributed by atoms with Crippen molar-refractivity contribution in [2.75, 3.05) is 0 Å². The summed E-state index contributed by atoms with van der Waals surface area (Å²) in [5.41, 5.74) is 0.349. The van der Waals surface area contributed by atoms with E-state index in [0.29, 0.717) is 12.0 Å². The molecule has 1 nitrogen and oxygen atoms in total. The Balaban J connectivity index is 2.58. The number of phenolic OH excluding ortho intramolecular Hbond substituents is 1.